The first-order valence-electron chi connectivity index (χ1n) is 6.58. The molecule has 0 aliphatic carbocycles. The Balaban J connectivity index is 2.91. The van der Waals surface area contributed by atoms with Crippen molar-refractivity contribution in [2.75, 3.05) is 0 Å². The van der Waals surface area contributed by atoms with Crippen molar-refractivity contribution < 1.29 is 5.11 Å². The van der Waals surface area contributed by atoms with Gasteiger partial charge >= 0.3 is 0 Å². The maximum absolute atomic E-state index is 10.9. The Labute approximate surface area is 116 Å². The molecule has 1 unspecified atom stereocenters. The van der Waals surface area contributed by atoms with E-state index in [1.54, 1.807) is 11.0 Å². The minimum Gasteiger partial charge on any atom is -0.386 e. The average molecular weight is 263 g/mol. The zero-order chi connectivity index (χ0) is 14.7. The quantitative estimate of drug-likeness (QED) is 0.852. The first-order chi connectivity index (χ1) is 8.54. The summed E-state index contributed by atoms with van der Waals surface area (Å²) in [4.78, 5) is 3.91. The van der Waals surface area contributed by atoms with Crippen LogP contribution in [0.2, 0.25) is 0 Å². The van der Waals surface area contributed by atoms with Crippen LogP contribution < -0.4 is 0 Å². The lowest BCUT2D eigenvalue weighted by Gasteiger charge is -2.39. The van der Waals surface area contributed by atoms with Gasteiger partial charge in [0.05, 0.1) is 12.1 Å². The van der Waals surface area contributed by atoms with Crippen LogP contribution in [-0.4, -0.2) is 25.5 Å². The van der Waals surface area contributed by atoms with E-state index in [1.165, 1.54) is 6.33 Å². The number of rotatable bonds is 3. The van der Waals surface area contributed by atoms with Crippen LogP contribution in [0.5, 0.6) is 0 Å². The lowest BCUT2D eigenvalue weighted by molar-refractivity contribution is -0.0692. The molecule has 1 aromatic rings. The summed E-state index contributed by atoms with van der Waals surface area (Å²) in [6.45, 7) is 12.6. The van der Waals surface area contributed by atoms with E-state index in [0.717, 1.165) is 0 Å². The van der Waals surface area contributed by atoms with E-state index in [0.29, 0.717) is 13.0 Å². The molecule has 1 aromatic heterocycles. The highest BCUT2D eigenvalue weighted by Crippen LogP contribution is 2.34. The van der Waals surface area contributed by atoms with Crippen LogP contribution in [0.25, 0.3) is 0 Å². The van der Waals surface area contributed by atoms with Gasteiger partial charge in [-0.1, -0.05) is 32.6 Å². The standard InChI is InChI=1S/C15H25N3O/c1-13(2,3)8-7-9-15(19,14(4,5)6)10-18-12-16-11-17-18/h11-12,19H,9-10H2,1-6H3. The van der Waals surface area contributed by atoms with Crippen molar-refractivity contribution in [1.29, 1.82) is 0 Å². The summed E-state index contributed by atoms with van der Waals surface area (Å²) in [6.07, 6.45) is 3.52. The van der Waals surface area contributed by atoms with Crippen molar-refractivity contribution in [2.45, 2.75) is 60.1 Å². The fraction of sp³-hybridized carbons (Fsp3) is 0.733. The Morgan fingerprint density at radius 2 is 1.79 bits per heavy atom. The highest BCUT2D eigenvalue weighted by molar-refractivity contribution is 5.11. The fourth-order valence-electron chi connectivity index (χ4n) is 1.60. The van der Waals surface area contributed by atoms with Gasteiger partial charge in [-0.15, -0.1) is 0 Å². The first-order valence-corrected chi connectivity index (χ1v) is 6.58. The SMILES string of the molecule is CC(C)(C)C#CCC(O)(Cn1cncn1)C(C)(C)C. The van der Waals surface area contributed by atoms with E-state index in [9.17, 15) is 5.11 Å². The zero-order valence-electron chi connectivity index (χ0n) is 12.9. The maximum Gasteiger partial charge on any atom is 0.137 e. The molecule has 0 amide bonds. The van der Waals surface area contributed by atoms with Crippen molar-refractivity contribution in [3.05, 3.63) is 12.7 Å². The van der Waals surface area contributed by atoms with E-state index in [1.807, 2.05) is 20.8 Å². The molecule has 4 nitrogen and oxygen atoms in total. The lowest BCUT2D eigenvalue weighted by Crippen LogP contribution is -2.46. The molecule has 0 saturated heterocycles. The second-order valence-corrected chi connectivity index (χ2v) is 7.10. The first kappa shape index (κ1) is 15.7. The van der Waals surface area contributed by atoms with Gasteiger partial charge in [0.1, 0.15) is 12.7 Å². The third-order valence-electron chi connectivity index (χ3n) is 3.13. The van der Waals surface area contributed by atoms with Gasteiger partial charge in [0.25, 0.3) is 0 Å². The van der Waals surface area contributed by atoms with Crippen molar-refractivity contribution in [1.82, 2.24) is 14.8 Å². The number of nitrogens with zero attached hydrogens (tertiary/aromatic N) is 3. The van der Waals surface area contributed by atoms with Crippen LogP contribution in [0.1, 0.15) is 48.0 Å². The highest BCUT2D eigenvalue weighted by atomic mass is 16.3. The Hall–Kier alpha value is -1.34. The molecule has 0 aliphatic heterocycles. The molecule has 1 atom stereocenters. The summed E-state index contributed by atoms with van der Waals surface area (Å²) in [6, 6.07) is 0. The summed E-state index contributed by atoms with van der Waals surface area (Å²) in [5, 5.41) is 15.0. The lowest BCUT2D eigenvalue weighted by atomic mass is 9.74. The summed E-state index contributed by atoms with van der Waals surface area (Å²) >= 11 is 0. The Morgan fingerprint density at radius 1 is 1.16 bits per heavy atom. The van der Waals surface area contributed by atoms with Crippen molar-refractivity contribution in [3.8, 4) is 11.8 Å². The molecule has 0 aromatic carbocycles. The molecule has 0 fully saturated rings. The molecule has 0 saturated carbocycles. The summed E-state index contributed by atoms with van der Waals surface area (Å²) < 4.78 is 1.66. The largest absolute Gasteiger partial charge is 0.386 e. The van der Waals surface area contributed by atoms with Crippen LogP contribution in [0.15, 0.2) is 12.7 Å². The van der Waals surface area contributed by atoms with E-state index < -0.39 is 5.60 Å². The highest BCUT2D eigenvalue weighted by Gasteiger charge is 2.40. The van der Waals surface area contributed by atoms with Crippen molar-refractivity contribution in [2.24, 2.45) is 10.8 Å². The number of hydrogen-bond acceptors (Lipinski definition) is 3. The second kappa shape index (κ2) is 5.34. The van der Waals surface area contributed by atoms with Gasteiger partial charge in [-0.05, 0) is 26.2 Å². The van der Waals surface area contributed by atoms with Gasteiger partial charge in [0, 0.05) is 11.8 Å². The van der Waals surface area contributed by atoms with E-state index in [2.05, 4.69) is 42.7 Å². The molecule has 0 aliphatic rings. The molecule has 0 spiro atoms. The minimum absolute atomic E-state index is 0.0496. The summed E-state index contributed by atoms with van der Waals surface area (Å²) in [7, 11) is 0. The molecular formula is C15H25N3O. The molecule has 106 valence electrons. The topological polar surface area (TPSA) is 50.9 Å². The minimum atomic E-state index is -0.932. The predicted octanol–water partition coefficient (Wildman–Crippen LogP) is 2.49. The predicted molar refractivity (Wildman–Crippen MR) is 76.3 cm³/mol. The van der Waals surface area contributed by atoms with Gasteiger partial charge in [-0.25, -0.2) is 4.98 Å². The zero-order valence-corrected chi connectivity index (χ0v) is 12.9. The van der Waals surface area contributed by atoms with Crippen LogP contribution in [0.4, 0.5) is 0 Å². The van der Waals surface area contributed by atoms with E-state index >= 15 is 0 Å². The molecule has 4 heteroatoms. The molecule has 1 rings (SSSR count). The molecule has 0 bridgehead atoms. The number of hydrogen-bond donors (Lipinski definition) is 1. The molecule has 1 N–H and O–H groups in total. The third kappa shape index (κ3) is 4.68. The van der Waals surface area contributed by atoms with Crippen LogP contribution in [0.3, 0.4) is 0 Å². The maximum atomic E-state index is 10.9. The Kier molecular flexibility index (Phi) is 4.42. The molecule has 1 heterocycles. The summed E-state index contributed by atoms with van der Waals surface area (Å²) in [5.41, 5.74) is -1.27. The van der Waals surface area contributed by atoms with Gasteiger partial charge < -0.3 is 5.11 Å². The average Bonchev–Trinajstić information content (AvgIpc) is 2.66. The van der Waals surface area contributed by atoms with E-state index in [-0.39, 0.29) is 10.8 Å². The van der Waals surface area contributed by atoms with Gasteiger partial charge in [-0.2, -0.15) is 5.10 Å². The fourth-order valence-corrected chi connectivity index (χ4v) is 1.60. The molecule has 19 heavy (non-hydrogen) atoms. The molecular weight excluding hydrogens is 238 g/mol. The normalized spacial score (nSPS) is 15.5. The Morgan fingerprint density at radius 3 is 2.21 bits per heavy atom. The monoisotopic (exact) mass is 263 g/mol. The summed E-state index contributed by atoms with van der Waals surface area (Å²) in [5.74, 6) is 6.30. The smallest absolute Gasteiger partial charge is 0.137 e. The van der Waals surface area contributed by atoms with Crippen LogP contribution >= 0.6 is 0 Å². The van der Waals surface area contributed by atoms with Crippen molar-refractivity contribution in [3.63, 3.8) is 0 Å². The third-order valence-corrected chi connectivity index (χ3v) is 3.13. The van der Waals surface area contributed by atoms with E-state index in [4.69, 9.17) is 0 Å². The van der Waals surface area contributed by atoms with Crippen LogP contribution in [-0.2, 0) is 6.54 Å². The molecule has 0 radical (unpaired) electrons. The van der Waals surface area contributed by atoms with Gasteiger partial charge in [-0.3, -0.25) is 4.68 Å². The second-order valence-electron chi connectivity index (χ2n) is 7.10. The van der Waals surface area contributed by atoms with Gasteiger partial charge in [0.2, 0.25) is 0 Å². The number of aromatic nitrogens is 3. The van der Waals surface area contributed by atoms with Crippen molar-refractivity contribution >= 4 is 0 Å². The Bertz CT molecular complexity index is 454. The number of aliphatic hydroxyl groups is 1. The van der Waals surface area contributed by atoms with Gasteiger partial charge in [0.15, 0.2) is 0 Å². The van der Waals surface area contributed by atoms with Crippen LogP contribution in [0, 0.1) is 22.7 Å².